The zero-order chi connectivity index (χ0) is 13.1. The van der Waals surface area contributed by atoms with Crippen molar-refractivity contribution in [2.45, 2.75) is 11.3 Å². The van der Waals surface area contributed by atoms with Gasteiger partial charge in [-0.1, -0.05) is 0 Å². The van der Waals surface area contributed by atoms with Gasteiger partial charge in [-0.2, -0.15) is 0 Å². The average Bonchev–Trinajstić information content (AvgIpc) is 2.25. The second-order valence-electron chi connectivity index (χ2n) is 3.23. The minimum absolute atomic E-state index is 0.0493. The summed E-state index contributed by atoms with van der Waals surface area (Å²) in [6.45, 7) is 0. The van der Waals surface area contributed by atoms with Crippen molar-refractivity contribution >= 4 is 43.1 Å². The molecule has 8 heteroatoms. The molecule has 0 bridgehead atoms. The minimum Gasteiger partial charge on any atom is -0.258 e. The number of benzene rings is 1. The first-order chi connectivity index (χ1) is 7.88. The van der Waals surface area contributed by atoms with Crippen molar-refractivity contribution in [3.05, 3.63) is 32.8 Å². The fraction of sp³-hybridized carbons (Fsp3) is 0.333. The molecule has 0 saturated carbocycles. The van der Waals surface area contributed by atoms with Crippen LogP contribution in [0.5, 0.6) is 0 Å². The summed E-state index contributed by atoms with van der Waals surface area (Å²) < 4.78 is 23.9. The number of rotatable bonds is 5. The van der Waals surface area contributed by atoms with Crippen molar-refractivity contribution in [3.63, 3.8) is 0 Å². The highest BCUT2D eigenvalue weighted by Crippen LogP contribution is 2.27. The van der Waals surface area contributed by atoms with Gasteiger partial charge in [0.25, 0.3) is 5.69 Å². The van der Waals surface area contributed by atoms with E-state index in [0.717, 1.165) is 0 Å². The van der Waals surface area contributed by atoms with E-state index in [9.17, 15) is 18.5 Å². The van der Waals surface area contributed by atoms with Gasteiger partial charge in [0, 0.05) is 22.5 Å². The number of hydrogen-bond donors (Lipinski definition) is 0. The molecule has 0 spiro atoms. The topological polar surface area (TPSA) is 77.3 Å². The lowest BCUT2D eigenvalue weighted by Crippen LogP contribution is -2.08. The molecule has 0 amide bonds. The van der Waals surface area contributed by atoms with Crippen LogP contribution in [0.2, 0.25) is 0 Å². The highest BCUT2D eigenvalue weighted by Gasteiger charge is 2.19. The number of alkyl halides is 1. The van der Waals surface area contributed by atoms with Crippen molar-refractivity contribution in [2.75, 3.05) is 11.6 Å². The van der Waals surface area contributed by atoms with Crippen molar-refractivity contribution in [3.8, 4) is 0 Å². The van der Waals surface area contributed by atoms with Gasteiger partial charge in [-0.3, -0.25) is 10.1 Å². The van der Waals surface area contributed by atoms with Gasteiger partial charge in [0.05, 0.1) is 15.6 Å². The molecule has 94 valence electrons. The van der Waals surface area contributed by atoms with Crippen LogP contribution in [0.4, 0.5) is 5.69 Å². The zero-order valence-corrected chi connectivity index (χ0v) is 11.8. The molecule has 0 unspecified atom stereocenters. The maximum Gasteiger partial charge on any atom is 0.270 e. The monoisotopic (exact) mass is 341 g/mol. The third-order valence-corrected chi connectivity index (χ3v) is 5.05. The van der Waals surface area contributed by atoms with Crippen LogP contribution in [0, 0.1) is 10.1 Å². The first kappa shape index (κ1) is 14.4. The molecule has 0 atom stereocenters. The van der Waals surface area contributed by atoms with E-state index in [1.807, 2.05) is 0 Å². The second kappa shape index (κ2) is 5.79. The lowest BCUT2D eigenvalue weighted by Gasteiger charge is -2.05. The first-order valence-corrected chi connectivity index (χ1v) is 7.59. The molecule has 0 fully saturated rings. The quantitative estimate of drug-likeness (QED) is 0.468. The van der Waals surface area contributed by atoms with Crippen LogP contribution in [-0.4, -0.2) is 25.0 Å². The van der Waals surface area contributed by atoms with Crippen LogP contribution in [0.3, 0.4) is 0 Å². The number of nitrogens with zero attached hydrogens (tertiary/aromatic N) is 1. The number of nitro benzene ring substituents is 1. The van der Waals surface area contributed by atoms with Crippen molar-refractivity contribution in [1.29, 1.82) is 0 Å². The van der Waals surface area contributed by atoms with E-state index in [4.69, 9.17) is 11.6 Å². The highest BCUT2D eigenvalue weighted by molar-refractivity contribution is 9.10. The van der Waals surface area contributed by atoms with E-state index in [-0.39, 0.29) is 26.7 Å². The molecule has 0 saturated heterocycles. The Bertz CT molecular complexity index is 532. The van der Waals surface area contributed by atoms with Gasteiger partial charge >= 0.3 is 0 Å². The van der Waals surface area contributed by atoms with Crippen LogP contribution < -0.4 is 0 Å². The molecular formula is C9H9BrClNO4S. The van der Waals surface area contributed by atoms with Gasteiger partial charge in [-0.25, -0.2) is 8.42 Å². The summed E-state index contributed by atoms with van der Waals surface area (Å²) in [4.78, 5) is 9.97. The Morgan fingerprint density at radius 1 is 1.41 bits per heavy atom. The summed E-state index contributed by atoms with van der Waals surface area (Å²) in [5.41, 5.74) is -0.159. The number of non-ortho nitro benzene ring substituents is 1. The Morgan fingerprint density at radius 2 is 2.06 bits per heavy atom. The van der Waals surface area contributed by atoms with Crippen LogP contribution in [0.15, 0.2) is 27.6 Å². The smallest absolute Gasteiger partial charge is 0.258 e. The molecule has 0 aromatic heterocycles. The summed E-state index contributed by atoms with van der Waals surface area (Å²) in [5, 5.41) is 10.5. The Hall–Kier alpha value is -0.660. The van der Waals surface area contributed by atoms with Gasteiger partial charge in [-0.15, -0.1) is 11.6 Å². The largest absolute Gasteiger partial charge is 0.270 e. The van der Waals surface area contributed by atoms with E-state index < -0.39 is 14.8 Å². The summed E-state index contributed by atoms with van der Waals surface area (Å²) in [5.74, 6) is 0.177. The Labute approximate surface area is 112 Å². The average molecular weight is 343 g/mol. The van der Waals surface area contributed by atoms with Crippen LogP contribution in [-0.2, 0) is 9.84 Å². The number of nitro groups is 1. The molecule has 17 heavy (non-hydrogen) atoms. The maximum absolute atomic E-state index is 11.8. The molecule has 0 aliphatic rings. The van der Waals surface area contributed by atoms with Crippen molar-refractivity contribution < 1.29 is 13.3 Å². The molecule has 5 nitrogen and oxygen atoms in total. The molecule has 0 aliphatic carbocycles. The SMILES string of the molecule is O=[N+]([O-])c1ccc(S(=O)(=O)CCCCl)c(Br)c1. The summed E-state index contributed by atoms with van der Waals surface area (Å²) in [7, 11) is -3.45. The molecule has 0 N–H and O–H groups in total. The van der Waals surface area contributed by atoms with Gasteiger partial charge in [0.15, 0.2) is 9.84 Å². The van der Waals surface area contributed by atoms with Gasteiger partial charge in [0.2, 0.25) is 0 Å². The van der Waals surface area contributed by atoms with Crippen LogP contribution in [0.25, 0.3) is 0 Å². The fourth-order valence-electron chi connectivity index (χ4n) is 1.21. The molecule has 1 aromatic rings. The number of sulfone groups is 1. The maximum atomic E-state index is 11.8. The van der Waals surface area contributed by atoms with E-state index in [0.29, 0.717) is 6.42 Å². The van der Waals surface area contributed by atoms with E-state index >= 15 is 0 Å². The second-order valence-corrected chi connectivity index (χ2v) is 6.54. The third-order valence-electron chi connectivity index (χ3n) is 2.01. The summed E-state index contributed by atoms with van der Waals surface area (Å²) in [6.07, 6.45) is 0.341. The van der Waals surface area contributed by atoms with Gasteiger partial charge in [-0.05, 0) is 28.4 Å². The number of halogens is 2. The predicted molar refractivity (Wildman–Crippen MR) is 68.2 cm³/mol. The number of hydrogen-bond acceptors (Lipinski definition) is 4. The normalized spacial score (nSPS) is 11.4. The van der Waals surface area contributed by atoms with Gasteiger partial charge in [0.1, 0.15) is 0 Å². The predicted octanol–water partition coefficient (Wildman–Crippen LogP) is 2.76. The molecule has 1 aromatic carbocycles. The molecule has 0 aliphatic heterocycles. The molecular weight excluding hydrogens is 334 g/mol. The van der Waals surface area contributed by atoms with Gasteiger partial charge < -0.3 is 0 Å². The molecule has 0 heterocycles. The minimum atomic E-state index is -3.45. The lowest BCUT2D eigenvalue weighted by atomic mass is 10.3. The summed E-state index contributed by atoms with van der Waals surface area (Å²) in [6, 6.07) is 3.57. The van der Waals surface area contributed by atoms with Crippen LogP contribution in [0.1, 0.15) is 6.42 Å². The molecule has 1 rings (SSSR count). The lowest BCUT2D eigenvalue weighted by molar-refractivity contribution is -0.385. The highest BCUT2D eigenvalue weighted by atomic mass is 79.9. The van der Waals surface area contributed by atoms with Crippen LogP contribution >= 0.6 is 27.5 Å². The van der Waals surface area contributed by atoms with Crippen molar-refractivity contribution in [2.24, 2.45) is 0 Å². The third kappa shape index (κ3) is 3.65. The standard InChI is InChI=1S/C9H9BrClNO4S/c10-8-6-7(12(13)14)2-3-9(8)17(15,16)5-1-4-11/h2-3,6H,1,4-5H2. The molecule has 0 radical (unpaired) electrons. The van der Waals surface area contributed by atoms with E-state index in [1.54, 1.807) is 0 Å². The zero-order valence-electron chi connectivity index (χ0n) is 8.60. The van der Waals surface area contributed by atoms with Crippen molar-refractivity contribution in [1.82, 2.24) is 0 Å². The Morgan fingerprint density at radius 3 is 2.53 bits per heavy atom. The van der Waals surface area contributed by atoms with E-state index in [2.05, 4.69) is 15.9 Å². The fourth-order valence-corrected chi connectivity index (χ4v) is 3.98. The van der Waals surface area contributed by atoms with E-state index in [1.165, 1.54) is 18.2 Å². The first-order valence-electron chi connectivity index (χ1n) is 4.61. The Balaban J connectivity index is 3.12. The summed E-state index contributed by atoms with van der Waals surface area (Å²) >= 11 is 8.46. The Kier molecular flexibility index (Phi) is 4.91.